The van der Waals surface area contributed by atoms with E-state index in [1.165, 1.54) is 8.61 Å². The van der Waals surface area contributed by atoms with Gasteiger partial charge in [0.15, 0.2) is 0 Å². The maximum atomic E-state index is 12.0. The average molecular weight is 238 g/mol. The first kappa shape index (κ1) is 14.8. The predicted molar refractivity (Wildman–Crippen MR) is 60.8 cm³/mol. The highest BCUT2D eigenvalue weighted by molar-refractivity contribution is 7.86. The maximum absolute atomic E-state index is 12.0. The average Bonchev–Trinajstić information content (AvgIpc) is 2.17. The number of hydrogen-bond acceptors (Lipinski definition) is 3. The van der Waals surface area contributed by atoms with Crippen molar-refractivity contribution in [2.24, 2.45) is 0 Å². The summed E-state index contributed by atoms with van der Waals surface area (Å²) in [7, 11) is -1.80. The molecule has 0 saturated heterocycles. The molecule has 0 aliphatic heterocycles. The van der Waals surface area contributed by atoms with E-state index in [-0.39, 0.29) is 12.6 Å². The summed E-state index contributed by atoms with van der Waals surface area (Å²) in [6.45, 7) is 6.27. The Morgan fingerprint density at radius 3 is 2.20 bits per heavy atom. The van der Waals surface area contributed by atoms with Gasteiger partial charge in [-0.15, -0.1) is 0 Å². The molecule has 0 heterocycles. The van der Waals surface area contributed by atoms with Crippen molar-refractivity contribution in [3.8, 4) is 0 Å². The second-order valence-corrected chi connectivity index (χ2v) is 5.67. The van der Waals surface area contributed by atoms with Crippen LogP contribution in [0.15, 0.2) is 0 Å². The topological polar surface area (TPSA) is 60.9 Å². The summed E-state index contributed by atoms with van der Waals surface area (Å²) < 4.78 is 26.7. The minimum atomic E-state index is -3.37. The van der Waals surface area contributed by atoms with Crippen LogP contribution in [-0.2, 0) is 10.2 Å². The molecule has 6 heteroatoms. The Hall–Kier alpha value is -0.170. The molecule has 0 aliphatic rings. The van der Waals surface area contributed by atoms with Crippen molar-refractivity contribution in [3.63, 3.8) is 0 Å². The van der Waals surface area contributed by atoms with Crippen LogP contribution < -0.4 is 0 Å². The number of aliphatic hydroxyl groups is 1. The smallest absolute Gasteiger partial charge is 0.281 e. The predicted octanol–water partition coefficient (Wildman–Crippen LogP) is 0.276. The van der Waals surface area contributed by atoms with Gasteiger partial charge < -0.3 is 5.11 Å². The Morgan fingerprint density at radius 1 is 1.33 bits per heavy atom. The highest BCUT2D eigenvalue weighted by atomic mass is 32.2. The van der Waals surface area contributed by atoms with Gasteiger partial charge in [-0.2, -0.15) is 17.0 Å². The van der Waals surface area contributed by atoms with E-state index in [9.17, 15) is 8.42 Å². The summed E-state index contributed by atoms with van der Waals surface area (Å²) in [6, 6.07) is -0.0572. The summed E-state index contributed by atoms with van der Waals surface area (Å²) in [4.78, 5) is 0. The van der Waals surface area contributed by atoms with Gasteiger partial charge in [-0.1, -0.05) is 6.92 Å². The van der Waals surface area contributed by atoms with Crippen LogP contribution >= 0.6 is 0 Å². The molecule has 0 bridgehead atoms. The van der Waals surface area contributed by atoms with Crippen molar-refractivity contribution in [2.75, 3.05) is 26.7 Å². The molecule has 0 saturated carbocycles. The monoisotopic (exact) mass is 238 g/mol. The molecule has 0 aromatic carbocycles. The Balaban J connectivity index is 4.66. The molecule has 0 amide bonds. The van der Waals surface area contributed by atoms with E-state index in [2.05, 4.69) is 0 Å². The number of nitrogens with zero attached hydrogens (tertiary/aromatic N) is 2. The van der Waals surface area contributed by atoms with E-state index in [1.807, 2.05) is 13.8 Å². The highest BCUT2D eigenvalue weighted by Gasteiger charge is 2.26. The molecule has 0 spiro atoms. The molecule has 1 N–H and O–H groups in total. The summed E-state index contributed by atoms with van der Waals surface area (Å²) in [5.74, 6) is 0. The van der Waals surface area contributed by atoms with Crippen molar-refractivity contribution >= 4 is 10.2 Å². The largest absolute Gasteiger partial charge is 0.396 e. The molecule has 92 valence electrons. The normalized spacial score (nSPS) is 13.1. The van der Waals surface area contributed by atoms with E-state index < -0.39 is 10.2 Å². The third kappa shape index (κ3) is 4.06. The van der Waals surface area contributed by atoms with Crippen molar-refractivity contribution in [1.82, 2.24) is 8.61 Å². The van der Waals surface area contributed by atoms with Crippen LogP contribution in [0.3, 0.4) is 0 Å². The van der Waals surface area contributed by atoms with Crippen LogP contribution in [0.2, 0.25) is 0 Å². The molecule has 0 radical (unpaired) electrons. The van der Waals surface area contributed by atoms with E-state index in [0.717, 1.165) is 0 Å². The van der Waals surface area contributed by atoms with Gasteiger partial charge >= 0.3 is 0 Å². The Morgan fingerprint density at radius 2 is 1.87 bits per heavy atom. The fraction of sp³-hybridized carbons (Fsp3) is 1.00. The Labute approximate surface area is 92.9 Å². The lowest BCUT2D eigenvalue weighted by Crippen LogP contribution is -2.45. The quantitative estimate of drug-likeness (QED) is 0.693. The molecule has 0 fully saturated rings. The zero-order chi connectivity index (χ0) is 12.1. The van der Waals surface area contributed by atoms with Gasteiger partial charge in [-0.05, 0) is 20.3 Å². The minimum Gasteiger partial charge on any atom is -0.396 e. The lowest BCUT2D eigenvalue weighted by Gasteiger charge is -2.28. The third-order valence-electron chi connectivity index (χ3n) is 2.34. The third-order valence-corrected chi connectivity index (χ3v) is 4.58. The van der Waals surface area contributed by atoms with Crippen molar-refractivity contribution in [1.29, 1.82) is 0 Å². The molecule has 0 aromatic rings. The minimum absolute atomic E-state index is 0.0113. The van der Waals surface area contributed by atoms with Crippen LogP contribution in [0.25, 0.3) is 0 Å². The molecular weight excluding hydrogens is 216 g/mol. The van der Waals surface area contributed by atoms with Gasteiger partial charge in [-0.25, -0.2) is 0 Å². The second-order valence-electron chi connectivity index (χ2n) is 3.69. The second kappa shape index (κ2) is 6.42. The molecule has 0 aromatic heterocycles. The molecule has 0 rings (SSSR count). The SMILES string of the molecule is CCN(CCCO)S(=O)(=O)N(C)C(C)C. The van der Waals surface area contributed by atoms with Crippen LogP contribution in [0.4, 0.5) is 0 Å². The fourth-order valence-electron chi connectivity index (χ4n) is 1.13. The fourth-order valence-corrected chi connectivity index (χ4v) is 2.72. The zero-order valence-electron chi connectivity index (χ0n) is 9.97. The number of hydrogen-bond donors (Lipinski definition) is 1. The van der Waals surface area contributed by atoms with E-state index in [4.69, 9.17) is 5.11 Å². The molecule has 0 atom stereocenters. The summed E-state index contributed by atoms with van der Waals surface area (Å²) in [5, 5.41) is 8.69. The standard InChI is InChI=1S/C9H22N2O3S/c1-5-11(7-6-8-12)15(13,14)10(4)9(2)3/h9,12H,5-8H2,1-4H3. The Bertz CT molecular complexity index is 265. The zero-order valence-corrected chi connectivity index (χ0v) is 10.8. The van der Waals surface area contributed by atoms with Crippen LogP contribution in [0.1, 0.15) is 27.2 Å². The Kier molecular flexibility index (Phi) is 6.35. The van der Waals surface area contributed by atoms with Crippen molar-refractivity contribution in [3.05, 3.63) is 0 Å². The molecule has 5 nitrogen and oxygen atoms in total. The molecule has 15 heavy (non-hydrogen) atoms. The van der Waals surface area contributed by atoms with E-state index in [0.29, 0.717) is 19.5 Å². The van der Waals surface area contributed by atoms with Crippen molar-refractivity contribution in [2.45, 2.75) is 33.2 Å². The van der Waals surface area contributed by atoms with E-state index >= 15 is 0 Å². The first-order chi connectivity index (χ1) is 6.87. The van der Waals surface area contributed by atoms with Gasteiger partial charge in [0.05, 0.1) is 0 Å². The summed E-state index contributed by atoms with van der Waals surface area (Å²) in [5.41, 5.74) is 0. The van der Waals surface area contributed by atoms with Gasteiger partial charge in [-0.3, -0.25) is 0 Å². The first-order valence-corrected chi connectivity index (χ1v) is 6.61. The van der Waals surface area contributed by atoms with Gasteiger partial charge in [0, 0.05) is 32.8 Å². The number of aliphatic hydroxyl groups excluding tert-OH is 1. The lowest BCUT2D eigenvalue weighted by molar-refractivity contribution is 0.264. The van der Waals surface area contributed by atoms with E-state index in [1.54, 1.807) is 14.0 Å². The van der Waals surface area contributed by atoms with Gasteiger partial charge in [0.25, 0.3) is 10.2 Å². The van der Waals surface area contributed by atoms with Gasteiger partial charge in [0.1, 0.15) is 0 Å². The number of rotatable bonds is 7. The highest BCUT2D eigenvalue weighted by Crippen LogP contribution is 2.10. The van der Waals surface area contributed by atoms with Crippen LogP contribution in [0.5, 0.6) is 0 Å². The van der Waals surface area contributed by atoms with Gasteiger partial charge in [0.2, 0.25) is 0 Å². The maximum Gasteiger partial charge on any atom is 0.281 e. The molecular formula is C9H22N2O3S. The van der Waals surface area contributed by atoms with Crippen LogP contribution in [-0.4, -0.2) is 54.9 Å². The summed E-state index contributed by atoms with van der Waals surface area (Å²) in [6.07, 6.45) is 0.471. The first-order valence-electron chi connectivity index (χ1n) is 5.21. The lowest BCUT2D eigenvalue weighted by atomic mass is 10.4. The summed E-state index contributed by atoms with van der Waals surface area (Å²) >= 11 is 0. The van der Waals surface area contributed by atoms with Crippen LogP contribution in [0, 0.1) is 0 Å². The van der Waals surface area contributed by atoms with Crippen molar-refractivity contribution < 1.29 is 13.5 Å². The molecule has 0 unspecified atom stereocenters. The molecule has 0 aliphatic carbocycles.